The number of carbonyl (C=O) groups excluding carboxylic acids is 1. The summed E-state index contributed by atoms with van der Waals surface area (Å²) >= 11 is 1.60. The van der Waals surface area contributed by atoms with E-state index in [0.29, 0.717) is 13.0 Å². The van der Waals surface area contributed by atoms with Gasteiger partial charge >= 0.3 is 0 Å². The van der Waals surface area contributed by atoms with Gasteiger partial charge in [-0.1, -0.05) is 12.1 Å². The molecule has 4 rings (SSSR count). The number of aromatic nitrogens is 1. The van der Waals surface area contributed by atoms with E-state index in [2.05, 4.69) is 15.2 Å². The number of carbonyl (C=O) groups is 1. The number of nitrogens with one attached hydrogen (secondary N) is 1. The molecule has 3 aromatic rings. The Bertz CT molecular complexity index is 971. The average molecular weight is 438 g/mol. The summed E-state index contributed by atoms with van der Waals surface area (Å²) in [5.74, 6) is 0.770. The van der Waals surface area contributed by atoms with Gasteiger partial charge in [0.05, 0.1) is 31.9 Å². The summed E-state index contributed by atoms with van der Waals surface area (Å²) < 4.78 is 11.3. The monoisotopic (exact) mass is 437 g/mol. The van der Waals surface area contributed by atoms with E-state index in [1.807, 2.05) is 47.8 Å². The molecule has 162 valence electrons. The van der Waals surface area contributed by atoms with Gasteiger partial charge in [0.25, 0.3) is 0 Å². The van der Waals surface area contributed by atoms with Crippen LogP contribution in [0.1, 0.15) is 12.0 Å². The smallest absolute Gasteiger partial charge is 0.228 e. The summed E-state index contributed by atoms with van der Waals surface area (Å²) in [5.41, 5.74) is 2.85. The number of benzene rings is 1. The molecule has 2 aromatic heterocycles. The third-order valence-corrected chi connectivity index (χ3v) is 6.08. The molecule has 0 aliphatic carbocycles. The molecule has 1 aliphatic heterocycles. The van der Waals surface area contributed by atoms with Gasteiger partial charge in [-0.05, 0) is 47.9 Å². The minimum Gasteiger partial charge on any atom is -0.494 e. The zero-order valence-corrected chi connectivity index (χ0v) is 18.3. The molecule has 0 saturated carbocycles. The molecule has 3 heterocycles. The van der Waals surface area contributed by atoms with Crippen molar-refractivity contribution in [3.63, 3.8) is 0 Å². The number of morpholine rings is 1. The van der Waals surface area contributed by atoms with Crippen molar-refractivity contribution in [3.05, 3.63) is 65.8 Å². The van der Waals surface area contributed by atoms with E-state index in [0.717, 1.165) is 66.7 Å². The number of amides is 1. The maximum absolute atomic E-state index is 12.5. The van der Waals surface area contributed by atoms with E-state index in [9.17, 15) is 4.79 Å². The maximum atomic E-state index is 12.5. The molecule has 1 saturated heterocycles. The van der Waals surface area contributed by atoms with Gasteiger partial charge in [-0.2, -0.15) is 0 Å². The van der Waals surface area contributed by atoms with E-state index in [4.69, 9.17) is 9.47 Å². The Hall–Kier alpha value is -2.74. The van der Waals surface area contributed by atoms with Crippen LogP contribution < -0.4 is 10.1 Å². The lowest BCUT2D eigenvalue weighted by Crippen LogP contribution is -2.37. The first-order valence-electron chi connectivity index (χ1n) is 10.6. The molecule has 1 aliphatic rings. The summed E-state index contributed by atoms with van der Waals surface area (Å²) in [6, 6.07) is 13.7. The van der Waals surface area contributed by atoms with Crippen molar-refractivity contribution < 1.29 is 14.3 Å². The SMILES string of the molecule is O=C(Cc1cccc(OCCCN2CCOCC2)c1)Nc1csc(-c2ccncc2)c1. The predicted octanol–water partition coefficient (Wildman–Crippen LogP) is 4.09. The normalized spacial score (nSPS) is 14.3. The van der Waals surface area contributed by atoms with Gasteiger partial charge in [0.2, 0.25) is 5.91 Å². The van der Waals surface area contributed by atoms with Crippen molar-refractivity contribution in [2.24, 2.45) is 0 Å². The molecule has 1 amide bonds. The summed E-state index contributed by atoms with van der Waals surface area (Å²) in [6.45, 7) is 5.33. The van der Waals surface area contributed by atoms with Crippen LogP contribution in [-0.4, -0.2) is 55.2 Å². The Balaban J connectivity index is 1.23. The summed E-state index contributed by atoms with van der Waals surface area (Å²) in [6.07, 6.45) is 4.82. The van der Waals surface area contributed by atoms with Crippen LogP contribution in [-0.2, 0) is 16.0 Å². The predicted molar refractivity (Wildman–Crippen MR) is 124 cm³/mol. The van der Waals surface area contributed by atoms with Crippen molar-refractivity contribution in [1.29, 1.82) is 0 Å². The Kier molecular flexibility index (Phi) is 7.65. The van der Waals surface area contributed by atoms with Crippen LogP contribution in [0.4, 0.5) is 5.69 Å². The first-order chi connectivity index (χ1) is 15.3. The third-order valence-electron chi connectivity index (χ3n) is 5.10. The zero-order valence-electron chi connectivity index (χ0n) is 17.5. The van der Waals surface area contributed by atoms with Crippen molar-refractivity contribution >= 4 is 22.9 Å². The molecule has 0 bridgehead atoms. The van der Waals surface area contributed by atoms with Crippen LogP contribution in [0.3, 0.4) is 0 Å². The first-order valence-corrected chi connectivity index (χ1v) is 11.4. The molecular weight excluding hydrogens is 410 g/mol. The van der Waals surface area contributed by atoms with Crippen LogP contribution in [0, 0.1) is 0 Å². The quantitative estimate of drug-likeness (QED) is 0.511. The fourth-order valence-corrected chi connectivity index (χ4v) is 4.36. The number of rotatable bonds is 9. The van der Waals surface area contributed by atoms with Gasteiger partial charge in [0, 0.05) is 42.3 Å². The molecule has 6 nitrogen and oxygen atoms in total. The Labute approximate surface area is 186 Å². The molecule has 31 heavy (non-hydrogen) atoms. The zero-order chi connectivity index (χ0) is 21.3. The number of pyridine rings is 1. The van der Waals surface area contributed by atoms with Gasteiger partial charge in [0.1, 0.15) is 5.75 Å². The summed E-state index contributed by atoms with van der Waals surface area (Å²) in [5, 5.41) is 4.95. The molecule has 0 spiro atoms. The van der Waals surface area contributed by atoms with E-state index >= 15 is 0 Å². The lowest BCUT2D eigenvalue weighted by atomic mass is 10.1. The third kappa shape index (κ3) is 6.62. The minimum atomic E-state index is -0.0384. The number of hydrogen-bond donors (Lipinski definition) is 1. The fourth-order valence-electron chi connectivity index (χ4n) is 3.51. The van der Waals surface area contributed by atoms with Crippen LogP contribution in [0.2, 0.25) is 0 Å². The van der Waals surface area contributed by atoms with Crippen LogP contribution in [0.5, 0.6) is 5.75 Å². The van der Waals surface area contributed by atoms with E-state index in [1.54, 1.807) is 23.7 Å². The lowest BCUT2D eigenvalue weighted by Gasteiger charge is -2.26. The van der Waals surface area contributed by atoms with Crippen molar-refractivity contribution in [2.45, 2.75) is 12.8 Å². The van der Waals surface area contributed by atoms with Gasteiger partial charge in [-0.15, -0.1) is 11.3 Å². The highest BCUT2D eigenvalue weighted by molar-refractivity contribution is 7.14. The Morgan fingerprint density at radius 2 is 2.00 bits per heavy atom. The van der Waals surface area contributed by atoms with E-state index in [-0.39, 0.29) is 5.91 Å². The number of nitrogens with zero attached hydrogens (tertiary/aromatic N) is 2. The van der Waals surface area contributed by atoms with Gasteiger partial charge < -0.3 is 14.8 Å². The van der Waals surface area contributed by atoms with Crippen molar-refractivity contribution in [3.8, 4) is 16.2 Å². The van der Waals surface area contributed by atoms with Crippen molar-refractivity contribution in [1.82, 2.24) is 9.88 Å². The summed E-state index contributed by atoms with van der Waals surface area (Å²) in [7, 11) is 0. The molecule has 0 unspecified atom stereocenters. The van der Waals surface area contributed by atoms with Crippen LogP contribution in [0.25, 0.3) is 10.4 Å². The highest BCUT2D eigenvalue weighted by Gasteiger charge is 2.10. The maximum Gasteiger partial charge on any atom is 0.228 e. The second-order valence-electron chi connectivity index (χ2n) is 7.46. The second-order valence-corrected chi connectivity index (χ2v) is 8.38. The first kappa shape index (κ1) is 21.5. The molecule has 0 atom stereocenters. The van der Waals surface area contributed by atoms with Gasteiger partial charge in [-0.3, -0.25) is 14.7 Å². The van der Waals surface area contributed by atoms with Crippen LogP contribution >= 0.6 is 11.3 Å². The highest BCUT2D eigenvalue weighted by Crippen LogP contribution is 2.29. The fraction of sp³-hybridized carbons (Fsp3) is 0.333. The molecule has 1 N–H and O–H groups in total. The highest BCUT2D eigenvalue weighted by atomic mass is 32.1. The number of hydrogen-bond acceptors (Lipinski definition) is 6. The minimum absolute atomic E-state index is 0.0384. The molecule has 0 radical (unpaired) electrons. The molecular formula is C24H27N3O3S. The Morgan fingerprint density at radius 3 is 2.84 bits per heavy atom. The topological polar surface area (TPSA) is 63.7 Å². The van der Waals surface area contributed by atoms with Crippen molar-refractivity contribution in [2.75, 3.05) is 44.8 Å². The van der Waals surface area contributed by atoms with Crippen LogP contribution in [0.15, 0.2) is 60.2 Å². The van der Waals surface area contributed by atoms with E-state index < -0.39 is 0 Å². The lowest BCUT2D eigenvalue weighted by molar-refractivity contribution is -0.115. The second kappa shape index (κ2) is 11.0. The number of anilines is 1. The van der Waals surface area contributed by atoms with Gasteiger partial charge in [-0.25, -0.2) is 0 Å². The standard InChI is InChI=1S/C24H27N3O3S/c28-24(26-21-17-23(31-18-21)20-5-7-25-8-6-20)16-19-3-1-4-22(15-19)30-12-2-9-27-10-13-29-14-11-27/h1,3-8,15,17-18H,2,9-14,16H2,(H,26,28). The number of ether oxygens (including phenoxy) is 2. The molecule has 7 heteroatoms. The molecule has 1 aromatic carbocycles. The summed E-state index contributed by atoms with van der Waals surface area (Å²) in [4.78, 5) is 20.0. The molecule has 1 fully saturated rings. The number of thiophene rings is 1. The largest absolute Gasteiger partial charge is 0.494 e. The van der Waals surface area contributed by atoms with Gasteiger partial charge in [0.15, 0.2) is 0 Å². The Morgan fingerprint density at radius 1 is 1.16 bits per heavy atom. The van der Waals surface area contributed by atoms with E-state index in [1.165, 1.54) is 0 Å². The average Bonchev–Trinajstić information content (AvgIpc) is 3.27.